The second kappa shape index (κ2) is 10.4. The Hall–Kier alpha value is -2.82. The molecule has 1 saturated heterocycles. The number of alkyl carbamates (subject to hydrolysis) is 1. The highest BCUT2D eigenvalue weighted by atomic mass is 19.4. The number of rotatable bonds is 6. The van der Waals surface area contributed by atoms with Crippen molar-refractivity contribution >= 4 is 17.8 Å². The van der Waals surface area contributed by atoms with E-state index in [9.17, 15) is 22.8 Å². The van der Waals surface area contributed by atoms with Gasteiger partial charge in [0.1, 0.15) is 11.4 Å². The molecule has 3 rings (SSSR count). The molecule has 194 valence electrons. The molecule has 0 bridgehead atoms. The van der Waals surface area contributed by atoms with Gasteiger partial charge >= 0.3 is 12.3 Å². The van der Waals surface area contributed by atoms with Crippen LogP contribution in [0.25, 0.3) is 0 Å². The van der Waals surface area contributed by atoms with Gasteiger partial charge in [-0.05, 0) is 46.2 Å². The molecule has 1 fully saturated rings. The number of nitrogens with one attached hydrogen (secondary N) is 1. The summed E-state index contributed by atoms with van der Waals surface area (Å²) < 4.78 is 50.1. The van der Waals surface area contributed by atoms with Crippen molar-refractivity contribution < 1.29 is 32.2 Å². The zero-order chi connectivity index (χ0) is 25.9. The molecule has 35 heavy (non-hydrogen) atoms. The van der Waals surface area contributed by atoms with Gasteiger partial charge in [0.05, 0.1) is 23.6 Å². The van der Waals surface area contributed by atoms with Gasteiger partial charge in [-0.1, -0.05) is 12.2 Å². The van der Waals surface area contributed by atoms with E-state index in [1.807, 2.05) is 6.92 Å². The molecule has 1 aliphatic heterocycles. The fourth-order valence-electron chi connectivity index (χ4n) is 4.22. The van der Waals surface area contributed by atoms with Crippen molar-refractivity contribution in [3.63, 3.8) is 0 Å². The summed E-state index contributed by atoms with van der Waals surface area (Å²) >= 11 is 0. The summed E-state index contributed by atoms with van der Waals surface area (Å²) in [4.78, 5) is 33.3. The molecule has 2 atom stereocenters. The maximum atomic E-state index is 13.6. The van der Waals surface area contributed by atoms with Crippen LogP contribution in [-0.2, 0) is 20.4 Å². The summed E-state index contributed by atoms with van der Waals surface area (Å²) in [7, 11) is 0. The molecule has 2 aliphatic rings. The number of piperazine rings is 1. The summed E-state index contributed by atoms with van der Waals surface area (Å²) in [5.74, 6) is 0.102. The normalized spacial score (nSPS) is 22.9. The van der Waals surface area contributed by atoms with E-state index in [0.717, 1.165) is 18.3 Å². The minimum atomic E-state index is -4.44. The number of hydrogen-bond acceptors (Lipinski definition) is 6. The van der Waals surface area contributed by atoms with Crippen LogP contribution in [0.15, 0.2) is 30.5 Å². The lowest BCUT2D eigenvalue weighted by Gasteiger charge is -2.40. The summed E-state index contributed by atoms with van der Waals surface area (Å²) in [5.41, 5.74) is -2.33. The molecule has 1 aromatic heterocycles. The van der Waals surface area contributed by atoms with Crippen LogP contribution in [0, 0.1) is 5.41 Å². The van der Waals surface area contributed by atoms with E-state index >= 15 is 0 Å². The predicted molar refractivity (Wildman–Crippen MR) is 124 cm³/mol. The first-order valence-electron chi connectivity index (χ1n) is 11.7. The quantitative estimate of drug-likeness (QED) is 0.604. The van der Waals surface area contributed by atoms with Crippen LogP contribution in [-0.4, -0.2) is 72.9 Å². The molecular weight excluding hydrogens is 465 g/mol. The number of amides is 2. The van der Waals surface area contributed by atoms with Gasteiger partial charge < -0.3 is 24.6 Å². The Bertz CT molecular complexity index is 939. The van der Waals surface area contributed by atoms with Crippen molar-refractivity contribution in [2.75, 3.05) is 44.3 Å². The number of alkyl halides is 3. The highest BCUT2D eigenvalue weighted by Crippen LogP contribution is 2.36. The van der Waals surface area contributed by atoms with Gasteiger partial charge in [-0.15, -0.1) is 0 Å². The first-order valence-corrected chi connectivity index (χ1v) is 11.7. The Morgan fingerprint density at radius 2 is 1.89 bits per heavy atom. The maximum Gasteiger partial charge on any atom is 0.416 e. The highest BCUT2D eigenvalue weighted by molar-refractivity contribution is 5.86. The number of carbonyl (C=O) groups excluding carboxylic acids is 2. The van der Waals surface area contributed by atoms with Gasteiger partial charge in [0, 0.05) is 39.0 Å². The van der Waals surface area contributed by atoms with Crippen LogP contribution in [0.3, 0.4) is 0 Å². The second-order valence-electron chi connectivity index (χ2n) is 9.79. The van der Waals surface area contributed by atoms with E-state index in [4.69, 9.17) is 9.47 Å². The summed E-state index contributed by atoms with van der Waals surface area (Å²) in [6.07, 6.45) is 0.0417. The average molecular weight is 499 g/mol. The second-order valence-corrected chi connectivity index (χ2v) is 9.79. The first-order chi connectivity index (χ1) is 16.3. The van der Waals surface area contributed by atoms with Crippen molar-refractivity contribution in [2.24, 2.45) is 5.41 Å². The molecular formula is C24H33F3N4O4. The Kier molecular flexibility index (Phi) is 7.98. The van der Waals surface area contributed by atoms with E-state index in [1.165, 1.54) is 0 Å². The zero-order valence-corrected chi connectivity index (χ0v) is 20.5. The molecule has 8 nitrogen and oxygen atoms in total. The monoisotopic (exact) mass is 498 g/mol. The number of halogens is 3. The van der Waals surface area contributed by atoms with Crippen LogP contribution in [0.1, 0.15) is 39.7 Å². The van der Waals surface area contributed by atoms with E-state index in [0.29, 0.717) is 39.2 Å². The van der Waals surface area contributed by atoms with Crippen molar-refractivity contribution in [3.8, 4) is 0 Å². The minimum Gasteiger partial charge on any atom is -0.444 e. The van der Waals surface area contributed by atoms with Gasteiger partial charge in [0.2, 0.25) is 5.91 Å². The zero-order valence-electron chi connectivity index (χ0n) is 20.5. The Balaban J connectivity index is 1.64. The lowest BCUT2D eigenvalue weighted by atomic mass is 9.85. The number of nitrogens with zero attached hydrogens (tertiary/aromatic N) is 3. The van der Waals surface area contributed by atoms with Gasteiger partial charge in [-0.3, -0.25) is 4.79 Å². The van der Waals surface area contributed by atoms with E-state index in [-0.39, 0.29) is 24.4 Å². The maximum absolute atomic E-state index is 13.6. The fourth-order valence-corrected chi connectivity index (χ4v) is 4.22. The Morgan fingerprint density at radius 1 is 1.20 bits per heavy atom. The van der Waals surface area contributed by atoms with E-state index in [2.05, 4.69) is 10.3 Å². The number of ether oxygens (including phenoxy) is 2. The minimum absolute atomic E-state index is 0.132. The Labute approximate surface area is 203 Å². The van der Waals surface area contributed by atoms with Crippen molar-refractivity contribution in [1.29, 1.82) is 0 Å². The lowest BCUT2D eigenvalue weighted by molar-refractivity contribution is -0.143. The van der Waals surface area contributed by atoms with Crippen LogP contribution in [0.4, 0.5) is 23.8 Å². The number of pyridine rings is 1. The van der Waals surface area contributed by atoms with E-state index in [1.54, 1.807) is 42.7 Å². The van der Waals surface area contributed by atoms with Gasteiger partial charge in [-0.2, -0.15) is 13.2 Å². The molecule has 0 spiro atoms. The number of carbonyl (C=O) groups is 2. The fraction of sp³-hybridized carbons (Fsp3) is 0.625. The highest BCUT2D eigenvalue weighted by Gasteiger charge is 2.45. The molecule has 2 heterocycles. The largest absolute Gasteiger partial charge is 0.444 e. The van der Waals surface area contributed by atoms with Crippen LogP contribution < -0.4 is 10.2 Å². The number of anilines is 1. The van der Waals surface area contributed by atoms with Crippen molar-refractivity contribution in [3.05, 3.63) is 36.0 Å². The Morgan fingerprint density at radius 3 is 2.49 bits per heavy atom. The summed E-state index contributed by atoms with van der Waals surface area (Å²) in [5, 5.41) is 2.79. The molecule has 0 aromatic carbocycles. The third-order valence-corrected chi connectivity index (χ3v) is 5.89. The number of hydrogen-bond donors (Lipinski definition) is 1. The third-order valence-electron chi connectivity index (χ3n) is 5.89. The summed E-state index contributed by atoms with van der Waals surface area (Å²) in [6.45, 7) is 9.14. The molecule has 0 saturated carbocycles. The smallest absolute Gasteiger partial charge is 0.416 e. The predicted octanol–water partition coefficient (Wildman–Crippen LogP) is 3.63. The molecule has 2 amide bonds. The lowest BCUT2D eigenvalue weighted by Crippen LogP contribution is -2.54. The molecule has 1 aliphatic carbocycles. The number of aromatic nitrogens is 1. The van der Waals surface area contributed by atoms with Crippen LogP contribution >= 0.6 is 0 Å². The third kappa shape index (κ3) is 6.87. The molecule has 1 N–H and O–H groups in total. The van der Waals surface area contributed by atoms with Crippen LogP contribution in [0.2, 0.25) is 0 Å². The van der Waals surface area contributed by atoms with E-state index < -0.39 is 28.8 Å². The molecule has 11 heteroatoms. The first kappa shape index (κ1) is 26.8. The SMILES string of the molecule is CCOC[C@]1(C(=O)N2CCN(c3cc(C(F)(F)F)ccn3)CC2)C=C[C@@H](NC(=O)OC(C)(C)C)C1. The van der Waals surface area contributed by atoms with Crippen molar-refractivity contribution in [2.45, 2.75) is 51.9 Å². The van der Waals surface area contributed by atoms with Crippen LogP contribution in [0.5, 0.6) is 0 Å². The summed E-state index contributed by atoms with van der Waals surface area (Å²) in [6, 6.07) is 1.58. The molecule has 1 aromatic rings. The molecule has 0 radical (unpaired) electrons. The average Bonchev–Trinajstić information content (AvgIpc) is 3.19. The molecule has 0 unspecified atom stereocenters. The van der Waals surface area contributed by atoms with Gasteiger partial charge in [-0.25, -0.2) is 9.78 Å². The van der Waals surface area contributed by atoms with Gasteiger partial charge in [0.15, 0.2) is 0 Å². The standard InChI is InChI=1S/C24H33F3N4O4/c1-5-34-16-23(8-6-18(15-23)29-21(33)35-22(2,3)4)20(32)31-12-10-30(11-13-31)19-14-17(7-9-28-19)24(25,26)27/h6-9,14,18H,5,10-13,15-16H2,1-4H3,(H,29,33)/t18-,23+/m1/s1. The van der Waals surface area contributed by atoms with Crippen molar-refractivity contribution in [1.82, 2.24) is 15.2 Å². The van der Waals surface area contributed by atoms with Gasteiger partial charge in [0.25, 0.3) is 0 Å². The topological polar surface area (TPSA) is 84.0 Å².